The van der Waals surface area contributed by atoms with E-state index in [4.69, 9.17) is 5.73 Å². The molecule has 0 spiro atoms. The molecule has 0 aromatic heterocycles. The van der Waals surface area contributed by atoms with Crippen molar-refractivity contribution >= 4 is 0 Å². The van der Waals surface area contributed by atoms with Crippen molar-refractivity contribution in [2.75, 3.05) is 0 Å². The molecule has 0 saturated heterocycles. The van der Waals surface area contributed by atoms with Crippen LogP contribution in [0, 0.1) is 11.3 Å². The molecule has 1 atom stereocenters. The molecule has 78 valence electrons. The Balaban J connectivity index is 2.33. The van der Waals surface area contributed by atoms with Crippen LogP contribution in [-0.4, -0.2) is 6.04 Å². The molecule has 1 nitrogen and oxygen atoms in total. The molecule has 0 aromatic rings. The van der Waals surface area contributed by atoms with Crippen LogP contribution in [0.1, 0.15) is 59.3 Å². The van der Waals surface area contributed by atoms with Gasteiger partial charge in [0.15, 0.2) is 0 Å². The number of hydrogen-bond donors (Lipinski definition) is 1. The predicted octanol–water partition coefficient (Wildman–Crippen LogP) is 3.33. The van der Waals surface area contributed by atoms with Crippen LogP contribution in [-0.2, 0) is 0 Å². The Kier molecular flexibility index (Phi) is 3.78. The van der Waals surface area contributed by atoms with Gasteiger partial charge in [0.1, 0.15) is 0 Å². The minimum Gasteiger partial charge on any atom is -0.327 e. The van der Waals surface area contributed by atoms with E-state index in [1.807, 2.05) is 0 Å². The first kappa shape index (κ1) is 11.0. The summed E-state index contributed by atoms with van der Waals surface area (Å²) in [5.74, 6) is 0.813. The molecule has 0 amide bonds. The Morgan fingerprint density at radius 2 is 1.69 bits per heavy atom. The first-order chi connectivity index (χ1) is 5.99. The largest absolute Gasteiger partial charge is 0.327 e. The minimum atomic E-state index is 0.400. The summed E-state index contributed by atoms with van der Waals surface area (Å²) in [5.41, 5.74) is 6.63. The maximum absolute atomic E-state index is 6.23. The van der Waals surface area contributed by atoms with E-state index < -0.39 is 0 Å². The number of rotatable bonds is 2. The van der Waals surface area contributed by atoms with Crippen molar-refractivity contribution in [1.29, 1.82) is 0 Å². The zero-order valence-corrected chi connectivity index (χ0v) is 9.47. The van der Waals surface area contributed by atoms with E-state index >= 15 is 0 Å². The summed E-state index contributed by atoms with van der Waals surface area (Å²) < 4.78 is 0. The molecule has 1 heteroatoms. The van der Waals surface area contributed by atoms with E-state index in [1.165, 1.54) is 38.5 Å². The summed E-state index contributed by atoms with van der Waals surface area (Å²) in [6.07, 6.45) is 8.16. The predicted molar refractivity (Wildman–Crippen MR) is 58.6 cm³/mol. The monoisotopic (exact) mass is 183 g/mol. The summed E-state index contributed by atoms with van der Waals surface area (Å²) >= 11 is 0. The average molecular weight is 183 g/mol. The van der Waals surface area contributed by atoms with Crippen molar-refractivity contribution in [2.45, 2.75) is 65.3 Å². The van der Waals surface area contributed by atoms with Crippen molar-refractivity contribution in [3.8, 4) is 0 Å². The van der Waals surface area contributed by atoms with Gasteiger partial charge in [-0.2, -0.15) is 0 Å². The van der Waals surface area contributed by atoms with Crippen LogP contribution in [0.25, 0.3) is 0 Å². The van der Waals surface area contributed by atoms with Crippen LogP contribution in [0.2, 0.25) is 0 Å². The van der Waals surface area contributed by atoms with Gasteiger partial charge in [-0.3, -0.25) is 0 Å². The zero-order valence-electron chi connectivity index (χ0n) is 9.47. The molecule has 0 aromatic carbocycles. The third kappa shape index (κ3) is 4.12. The second kappa shape index (κ2) is 4.45. The van der Waals surface area contributed by atoms with Crippen molar-refractivity contribution in [3.63, 3.8) is 0 Å². The Hall–Kier alpha value is -0.0400. The Morgan fingerprint density at radius 1 is 1.15 bits per heavy atom. The maximum atomic E-state index is 6.23. The van der Waals surface area contributed by atoms with Gasteiger partial charge in [-0.15, -0.1) is 0 Å². The van der Waals surface area contributed by atoms with E-state index in [0.29, 0.717) is 11.5 Å². The summed E-state index contributed by atoms with van der Waals surface area (Å²) in [7, 11) is 0. The van der Waals surface area contributed by atoms with Crippen LogP contribution in [0.4, 0.5) is 0 Å². The Labute approximate surface area is 83.1 Å². The lowest BCUT2D eigenvalue weighted by atomic mass is 9.77. The lowest BCUT2D eigenvalue weighted by Gasteiger charge is -2.31. The van der Waals surface area contributed by atoms with Crippen LogP contribution in [0.5, 0.6) is 0 Å². The molecule has 0 bridgehead atoms. The second-order valence-corrected chi connectivity index (χ2v) is 5.83. The molecule has 1 aliphatic rings. The van der Waals surface area contributed by atoms with Gasteiger partial charge in [-0.25, -0.2) is 0 Å². The van der Waals surface area contributed by atoms with Gasteiger partial charge in [0.25, 0.3) is 0 Å². The lowest BCUT2D eigenvalue weighted by Crippen LogP contribution is -2.35. The highest BCUT2D eigenvalue weighted by Crippen LogP contribution is 2.31. The van der Waals surface area contributed by atoms with Crippen molar-refractivity contribution in [2.24, 2.45) is 17.1 Å². The van der Waals surface area contributed by atoms with Gasteiger partial charge in [-0.1, -0.05) is 40.0 Å². The Bertz CT molecular complexity index is 140. The first-order valence-corrected chi connectivity index (χ1v) is 5.74. The van der Waals surface area contributed by atoms with E-state index in [0.717, 1.165) is 5.92 Å². The molecule has 0 heterocycles. The molecular formula is C12H25N. The van der Waals surface area contributed by atoms with Gasteiger partial charge in [0.2, 0.25) is 0 Å². The van der Waals surface area contributed by atoms with Crippen molar-refractivity contribution in [1.82, 2.24) is 0 Å². The van der Waals surface area contributed by atoms with Gasteiger partial charge < -0.3 is 5.73 Å². The summed E-state index contributed by atoms with van der Waals surface area (Å²) in [6, 6.07) is 0.445. The average Bonchev–Trinajstić information content (AvgIpc) is 2.03. The zero-order chi connectivity index (χ0) is 9.90. The molecule has 1 fully saturated rings. The molecule has 2 N–H and O–H groups in total. The third-order valence-corrected chi connectivity index (χ3v) is 3.10. The molecule has 0 radical (unpaired) electrons. The quantitative estimate of drug-likeness (QED) is 0.698. The lowest BCUT2D eigenvalue weighted by molar-refractivity contribution is 0.238. The van der Waals surface area contributed by atoms with Gasteiger partial charge in [-0.05, 0) is 30.6 Å². The standard InChI is InChI=1S/C12H25N/c1-12(2,3)9-11(13)10-7-5-4-6-8-10/h10-11H,4-9,13H2,1-3H3/t11-/m0/s1. The highest BCUT2D eigenvalue weighted by molar-refractivity contribution is 4.80. The highest BCUT2D eigenvalue weighted by atomic mass is 14.7. The third-order valence-electron chi connectivity index (χ3n) is 3.10. The normalized spacial score (nSPS) is 23.1. The van der Waals surface area contributed by atoms with E-state index in [-0.39, 0.29) is 0 Å². The van der Waals surface area contributed by atoms with Crippen molar-refractivity contribution < 1.29 is 0 Å². The number of nitrogens with two attached hydrogens (primary N) is 1. The highest BCUT2D eigenvalue weighted by Gasteiger charge is 2.24. The molecule has 1 saturated carbocycles. The first-order valence-electron chi connectivity index (χ1n) is 5.74. The smallest absolute Gasteiger partial charge is 0.00721 e. The van der Waals surface area contributed by atoms with Crippen LogP contribution in [0.3, 0.4) is 0 Å². The van der Waals surface area contributed by atoms with E-state index in [1.54, 1.807) is 0 Å². The molecular weight excluding hydrogens is 158 g/mol. The fourth-order valence-corrected chi connectivity index (χ4v) is 2.44. The SMILES string of the molecule is CC(C)(C)C[C@H](N)C1CCCCC1. The fourth-order valence-electron chi connectivity index (χ4n) is 2.44. The Morgan fingerprint density at radius 3 is 2.15 bits per heavy atom. The maximum Gasteiger partial charge on any atom is 0.00721 e. The molecule has 1 aliphatic carbocycles. The van der Waals surface area contributed by atoms with E-state index in [9.17, 15) is 0 Å². The van der Waals surface area contributed by atoms with Gasteiger partial charge in [0.05, 0.1) is 0 Å². The van der Waals surface area contributed by atoms with Crippen molar-refractivity contribution in [3.05, 3.63) is 0 Å². The molecule has 1 rings (SSSR count). The van der Waals surface area contributed by atoms with E-state index in [2.05, 4.69) is 20.8 Å². The topological polar surface area (TPSA) is 26.0 Å². The van der Waals surface area contributed by atoms with Crippen LogP contribution < -0.4 is 5.73 Å². The second-order valence-electron chi connectivity index (χ2n) is 5.83. The van der Waals surface area contributed by atoms with Gasteiger partial charge >= 0.3 is 0 Å². The molecule has 0 unspecified atom stereocenters. The van der Waals surface area contributed by atoms with Gasteiger partial charge in [0, 0.05) is 6.04 Å². The fraction of sp³-hybridized carbons (Fsp3) is 1.00. The minimum absolute atomic E-state index is 0.400. The molecule has 0 aliphatic heterocycles. The summed E-state index contributed by atoms with van der Waals surface area (Å²) in [6.45, 7) is 6.86. The van der Waals surface area contributed by atoms with Crippen LogP contribution in [0.15, 0.2) is 0 Å². The summed E-state index contributed by atoms with van der Waals surface area (Å²) in [5, 5.41) is 0. The van der Waals surface area contributed by atoms with Crippen LogP contribution >= 0.6 is 0 Å². The molecule has 13 heavy (non-hydrogen) atoms. The summed E-state index contributed by atoms with van der Waals surface area (Å²) in [4.78, 5) is 0. The number of hydrogen-bond acceptors (Lipinski definition) is 1.